The highest BCUT2D eigenvalue weighted by molar-refractivity contribution is 14.0. The van der Waals surface area contributed by atoms with Gasteiger partial charge in [0.1, 0.15) is 0 Å². The lowest BCUT2D eigenvalue weighted by Crippen LogP contribution is -2.23. The van der Waals surface area contributed by atoms with E-state index in [4.69, 9.17) is 15.2 Å². The molecule has 1 heterocycles. The van der Waals surface area contributed by atoms with E-state index < -0.39 is 0 Å². The lowest BCUT2D eigenvalue weighted by atomic mass is 10.2. The molecule has 0 atom stereocenters. The molecule has 1 saturated heterocycles. The van der Waals surface area contributed by atoms with Crippen molar-refractivity contribution < 1.29 is 9.47 Å². The number of nitrogens with one attached hydrogen (secondary N) is 1. The van der Waals surface area contributed by atoms with Crippen molar-refractivity contribution in [3.63, 3.8) is 0 Å². The summed E-state index contributed by atoms with van der Waals surface area (Å²) in [5.74, 6) is 1.78. The number of nitrogens with two attached hydrogens (primary N) is 1. The van der Waals surface area contributed by atoms with E-state index in [2.05, 4.69) is 15.2 Å². The second-order valence-electron chi connectivity index (χ2n) is 5.72. The number of unbranched alkanes of at least 4 members (excludes halogenated alkanes) is 1. The van der Waals surface area contributed by atoms with E-state index in [1.165, 1.54) is 38.9 Å². The Hall–Kier alpha value is -1.22. The van der Waals surface area contributed by atoms with Crippen LogP contribution in [0.3, 0.4) is 0 Å². The van der Waals surface area contributed by atoms with Gasteiger partial charge in [0.25, 0.3) is 0 Å². The molecule has 136 valence electrons. The van der Waals surface area contributed by atoms with Crippen LogP contribution < -0.4 is 20.5 Å². The maximum absolute atomic E-state index is 5.93. The van der Waals surface area contributed by atoms with Crippen molar-refractivity contribution in [2.45, 2.75) is 25.7 Å². The fraction of sp³-hybridized carbons (Fsp3) is 0.588. The first-order chi connectivity index (χ1) is 11.2. The minimum Gasteiger partial charge on any atom is -0.493 e. The summed E-state index contributed by atoms with van der Waals surface area (Å²) in [6.45, 7) is 4.44. The van der Waals surface area contributed by atoms with Gasteiger partial charge in [-0.05, 0) is 57.5 Å². The van der Waals surface area contributed by atoms with Gasteiger partial charge < -0.3 is 25.4 Å². The Balaban J connectivity index is 0.00000288. The second-order valence-corrected chi connectivity index (χ2v) is 5.72. The maximum Gasteiger partial charge on any atom is 0.193 e. The molecule has 1 aromatic carbocycles. The third-order valence-corrected chi connectivity index (χ3v) is 4.02. The van der Waals surface area contributed by atoms with Crippen molar-refractivity contribution in [1.82, 2.24) is 4.90 Å². The molecule has 6 nitrogen and oxygen atoms in total. The molecule has 1 aliphatic rings. The first-order valence-corrected chi connectivity index (χ1v) is 8.24. The summed E-state index contributed by atoms with van der Waals surface area (Å²) in [5.41, 5.74) is 6.76. The third-order valence-electron chi connectivity index (χ3n) is 4.02. The van der Waals surface area contributed by atoms with E-state index in [1.54, 1.807) is 14.2 Å². The predicted octanol–water partition coefficient (Wildman–Crippen LogP) is 2.92. The minimum absolute atomic E-state index is 0. The second kappa shape index (κ2) is 11.4. The van der Waals surface area contributed by atoms with Gasteiger partial charge in [0.2, 0.25) is 0 Å². The highest BCUT2D eigenvalue weighted by Gasteiger charge is 2.10. The number of hydrogen-bond acceptors (Lipinski definition) is 4. The van der Waals surface area contributed by atoms with Crippen LogP contribution in [0.25, 0.3) is 0 Å². The zero-order chi connectivity index (χ0) is 16.5. The third kappa shape index (κ3) is 6.72. The number of rotatable bonds is 8. The van der Waals surface area contributed by atoms with E-state index in [0.29, 0.717) is 17.5 Å². The van der Waals surface area contributed by atoms with Crippen LogP contribution in [0.1, 0.15) is 25.7 Å². The summed E-state index contributed by atoms with van der Waals surface area (Å²) >= 11 is 0. The number of hydrogen-bond donors (Lipinski definition) is 2. The largest absolute Gasteiger partial charge is 0.493 e. The smallest absolute Gasteiger partial charge is 0.193 e. The van der Waals surface area contributed by atoms with E-state index in [1.807, 2.05) is 18.2 Å². The lowest BCUT2D eigenvalue weighted by Gasteiger charge is -2.13. The molecule has 2 rings (SSSR count). The molecular weight excluding hydrogens is 419 g/mol. The molecule has 24 heavy (non-hydrogen) atoms. The lowest BCUT2D eigenvalue weighted by molar-refractivity contribution is 0.331. The zero-order valence-corrected chi connectivity index (χ0v) is 16.9. The minimum atomic E-state index is 0. The molecule has 3 N–H and O–H groups in total. The summed E-state index contributed by atoms with van der Waals surface area (Å²) in [6, 6.07) is 5.57. The number of likely N-dealkylation sites (tertiary alicyclic amines) is 1. The highest BCUT2D eigenvalue weighted by Crippen LogP contribution is 2.29. The van der Waals surface area contributed by atoms with Crippen LogP contribution in [0.4, 0.5) is 5.69 Å². The SMILES string of the molecule is COc1ccc(NC(N)=NCCCCN2CCCC2)cc1OC.I. The van der Waals surface area contributed by atoms with Crippen LogP contribution >= 0.6 is 24.0 Å². The van der Waals surface area contributed by atoms with Crippen molar-refractivity contribution in [1.29, 1.82) is 0 Å². The number of anilines is 1. The van der Waals surface area contributed by atoms with Crippen LogP contribution in [-0.4, -0.2) is 51.3 Å². The number of halogens is 1. The van der Waals surface area contributed by atoms with E-state index >= 15 is 0 Å². The normalized spacial score (nSPS) is 15.0. The van der Waals surface area contributed by atoms with Gasteiger partial charge in [0.15, 0.2) is 17.5 Å². The number of guanidine groups is 1. The zero-order valence-electron chi connectivity index (χ0n) is 14.6. The molecule has 1 fully saturated rings. The molecule has 1 aliphatic heterocycles. The Morgan fingerprint density at radius 3 is 2.54 bits per heavy atom. The van der Waals surface area contributed by atoms with Gasteiger partial charge in [-0.1, -0.05) is 0 Å². The molecule has 0 aliphatic carbocycles. The van der Waals surface area contributed by atoms with Crippen molar-refractivity contribution in [3.8, 4) is 11.5 Å². The van der Waals surface area contributed by atoms with Gasteiger partial charge in [-0.2, -0.15) is 0 Å². The Morgan fingerprint density at radius 1 is 1.17 bits per heavy atom. The predicted molar refractivity (Wildman–Crippen MR) is 110 cm³/mol. The Bertz CT molecular complexity index is 519. The number of nitrogens with zero attached hydrogens (tertiary/aromatic N) is 2. The molecule has 0 unspecified atom stereocenters. The summed E-state index contributed by atoms with van der Waals surface area (Å²) in [5, 5.41) is 3.08. The van der Waals surface area contributed by atoms with Crippen LogP contribution in [0.5, 0.6) is 11.5 Å². The first kappa shape index (κ1) is 20.8. The van der Waals surface area contributed by atoms with Gasteiger partial charge in [0, 0.05) is 18.3 Å². The van der Waals surface area contributed by atoms with Crippen molar-refractivity contribution in [2.75, 3.05) is 45.7 Å². The molecule has 0 aromatic heterocycles. The molecule has 0 radical (unpaired) electrons. The van der Waals surface area contributed by atoms with Gasteiger partial charge in [0.05, 0.1) is 14.2 Å². The molecule has 0 saturated carbocycles. The monoisotopic (exact) mass is 448 g/mol. The Morgan fingerprint density at radius 2 is 1.88 bits per heavy atom. The van der Waals surface area contributed by atoms with Crippen molar-refractivity contribution in [2.24, 2.45) is 10.7 Å². The summed E-state index contributed by atoms with van der Waals surface area (Å²) in [7, 11) is 3.22. The first-order valence-electron chi connectivity index (χ1n) is 8.24. The number of methoxy groups -OCH3 is 2. The Labute approximate surface area is 161 Å². The standard InChI is InChI=1S/C17H28N4O2.HI/c1-22-15-8-7-14(13-16(15)23-2)20-17(18)19-9-3-4-10-21-11-5-6-12-21;/h7-8,13H,3-6,9-12H2,1-2H3,(H3,18,19,20);1H. The average molecular weight is 448 g/mol. The number of benzene rings is 1. The van der Waals surface area contributed by atoms with Crippen molar-refractivity contribution in [3.05, 3.63) is 18.2 Å². The fourth-order valence-corrected chi connectivity index (χ4v) is 2.75. The maximum atomic E-state index is 5.93. The molecule has 0 amide bonds. The van der Waals surface area contributed by atoms with Crippen LogP contribution in [0.15, 0.2) is 23.2 Å². The molecule has 7 heteroatoms. The molecule has 0 spiro atoms. The average Bonchev–Trinajstić information content (AvgIpc) is 3.07. The highest BCUT2D eigenvalue weighted by atomic mass is 127. The summed E-state index contributed by atoms with van der Waals surface area (Å²) in [6.07, 6.45) is 4.93. The van der Waals surface area contributed by atoms with Crippen LogP contribution in [-0.2, 0) is 0 Å². The fourth-order valence-electron chi connectivity index (χ4n) is 2.75. The molecular formula is C17H29IN4O2. The Kier molecular flexibility index (Phi) is 9.85. The van der Waals surface area contributed by atoms with Gasteiger partial charge >= 0.3 is 0 Å². The molecule has 1 aromatic rings. The van der Waals surface area contributed by atoms with Crippen LogP contribution in [0.2, 0.25) is 0 Å². The van der Waals surface area contributed by atoms with Crippen LogP contribution in [0, 0.1) is 0 Å². The molecule has 0 bridgehead atoms. The quantitative estimate of drug-likeness (QED) is 0.277. The number of ether oxygens (including phenoxy) is 2. The van der Waals surface area contributed by atoms with Gasteiger partial charge in [-0.25, -0.2) is 0 Å². The van der Waals surface area contributed by atoms with Crippen molar-refractivity contribution >= 4 is 35.6 Å². The van der Waals surface area contributed by atoms with E-state index in [0.717, 1.165) is 18.7 Å². The summed E-state index contributed by atoms with van der Waals surface area (Å²) < 4.78 is 10.5. The van der Waals surface area contributed by atoms with Gasteiger partial charge in [-0.3, -0.25) is 4.99 Å². The van der Waals surface area contributed by atoms with E-state index in [-0.39, 0.29) is 24.0 Å². The van der Waals surface area contributed by atoms with E-state index in [9.17, 15) is 0 Å². The van der Waals surface area contributed by atoms with Gasteiger partial charge in [-0.15, -0.1) is 24.0 Å². The number of aliphatic imine (C=N–C) groups is 1. The summed E-state index contributed by atoms with van der Waals surface area (Å²) in [4.78, 5) is 6.90. The topological polar surface area (TPSA) is 72.1 Å².